The number of benzene rings is 3. The maximum atomic E-state index is 12.0. The molecule has 0 radical (unpaired) electrons. The maximum Gasteiger partial charge on any atom is 0.233 e. The highest BCUT2D eigenvalue weighted by molar-refractivity contribution is 6.08. The third-order valence-corrected chi connectivity index (χ3v) is 3.74. The van der Waals surface area contributed by atoms with Gasteiger partial charge in [0.05, 0.1) is 11.6 Å². The third kappa shape index (κ3) is 5.44. The number of nitrogens with zero attached hydrogens (tertiary/aromatic N) is 1. The Kier molecular flexibility index (Phi) is 6.01. The molecule has 0 aliphatic rings. The molecule has 138 valence electrons. The minimum Gasteiger partial charge on any atom is -0.457 e. The molecular weight excluding hydrogens is 354 g/mol. The average Bonchev–Trinajstić information content (AvgIpc) is 2.70. The average molecular weight is 371 g/mol. The molecule has 3 rings (SSSR count). The highest BCUT2D eigenvalue weighted by Gasteiger charge is 2.10. The van der Waals surface area contributed by atoms with Crippen LogP contribution in [0.5, 0.6) is 11.5 Å². The van der Waals surface area contributed by atoms with E-state index in [2.05, 4.69) is 10.6 Å². The first-order valence-corrected chi connectivity index (χ1v) is 8.55. The van der Waals surface area contributed by atoms with Crippen LogP contribution in [0.2, 0.25) is 0 Å². The molecule has 3 aromatic carbocycles. The highest BCUT2D eigenvalue weighted by Crippen LogP contribution is 2.22. The molecule has 3 aromatic rings. The summed E-state index contributed by atoms with van der Waals surface area (Å²) in [6.45, 7) is 0. The van der Waals surface area contributed by atoms with E-state index in [1.807, 2.05) is 36.4 Å². The van der Waals surface area contributed by atoms with Crippen molar-refractivity contribution in [1.29, 1.82) is 5.26 Å². The molecule has 0 saturated heterocycles. The van der Waals surface area contributed by atoms with Gasteiger partial charge >= 0.3 is 0 Å². The van der Waals surface area contributed by atoms with E-state index >= 15 is 0 Å². The molecule has 28 heavy (non-hydrogen) atoms. The van der Waals surface area contributed by atoms with Crippen LogP contribution in [-0.4, -0.2) is 11.8 Å². The largest absolute Gasteiger partial charge is 0.457 e. The second-order valence-corrected chi connectivity index (χ2v) is 5.90. The molecular formula is C22H17N3O3. The van der Waals surface area contributed by atoms with Gasteiger partial charge in [-0.2, -0.15) is 5.26 Å². The van der Waals surface area contributed by atoms with Crippen LogP contribution >= 0.6 is 0 Å². The van der Waals surface area contributed by atoms with Crippen molar-refractivity contribution < 1.29 is 14.3 Å². The molecule has 2 N–H and O–H groups in total. The normalized spacial score (nSPS) is 9.82. The number of hydrogen-bond acceptors (Lipinski definition) is 4. The molecule has 0 heterocycles. The summed E-state index contributed by atoms with van der Waals surface area (Å²) in [5.41, 5.74) is 1.59. The zero-order chi connectivity index (χ0) is 19.8. The second-order valence-electron chi connectivity index (χ2n) is 5.90. The van der Waals surface area contributed by atoms with Gasteiger partial charge in [0.15, 0.2) is 0 Å². The summed E-state index contributed by atoms with van der Waals surface area (Å²) >= 11 is 0. The summed E-state index contributed by atoms with van der Waals surface area (Å²) in [7, 11) is 0. The molecule has 6 nitrogen and oxygen atoms in total. The van der Waals surface area contributed by atoms with E-state index in [0.717, 1.165) is 5.75 Å². The molecule has 0 aromatic heterocycles. The zero-order valence-corrected chi connectivity index (χ0v) is 14.9. The van der Waals surface area contributed by atoms with Crippen LogP contribution in [0.25, 0.3) is 0 Å². The van der Waals surface area contributed by atoms with Gasteiger partial charge in [-0.15, -0.1) is 0 Å². The van der Waals surface area contributed by atoms with E-state index in [0.29, 0.717) is 22.7 Å². The Bertz CT molecular complexity index is 992. The van der Waals surface area contributed by atoms with Crippen molar-refractivity contribution in [3.63, 3.8) is 0 Å². The molecule has 0 atom stereocenters. The number of amides is 2. The molecule has 2 amide bonds. The molecule has 6 heteroatoms. The lowest BCUT2D eigenvalue weighted by molar-refractivity contribution is -0.123. The maximum absolute atomic E-state index is 12.0. The van der Waals surface area contributed by atoms with E-state index in [1.54, 1.807) is 48.5 Å². The summed E-state index contributed by atoms with van der Waals surface area (Å²) < 4.78 is 5.69. The van der Waals surface area contributed by atoms with Crippen LogP contribution in [0.1, 0.15) is 12.0 Å². The fraction of sp³-hybridized carbons (Fsp3) is 0.0455. The molecule has 0 unspecified atom stereocenters. The van der Waals surface area contributed by atoms with Crippen LogP contribution in [0.3, 0.4) is 0 Å². The monoisotopic (exact) mass is 371 g/mol. The molecule has 0 fully saturated rings. The van der Waals surface area contributed by atoms with Crippen molar-refractivity contribution in [1.82, 2.24) is 0 Å². The van der Waals surface area contributed by atoms with Gasteiger partial charge in [0.2, 0.25) is 11.8 Å². The number of nitriles is 1. The lowest BCUT2D eigenvalue weighted by atomic mass is 10.2. The van der Waals surface area contributed by atoms with E-state index < -0.39 is 11.8 Å². The van der Waals surface area contributed by atoms with Gasteiger partial charge in [-0.05, 0) is 60.7 Å². The number of ether oxygens (including phenoxy) is 1. The lowest BCUT2D eigenvalue weighted by Crippen LogP contribution is -2.21. The number of para-hydroxylation sites is 1. The number of hydrogen-bond donors (Lipinski definition) is 2. The summed E-state index contributed by atoms with van der Waals surface area (Å²) in [5.74, 6) is 0.496. The van der Waals surface area contributed by atoms with E-state index in [4.69, 9.17) is 10.00 Å². The number of rotatable bonds is 6. The van der Waals surface area contributed by atoms with Crippen LogP contribution in [0.4, 0.5) is 11.4 Å². The molecule has 0 saturated carbocycles. The van der Waals surface area contributed by atoms with Gasteiger partial charge in [-0.1, -0.05) is 18.2 Å². The standard InChI is InChI=1S/C22H17N3O3/c23-15-16-6-8-17(9-7-16)24-21(26)14-22(27)25-18-10-12-20(13-11-18)28-19-4-2-1-3-5-19/h1-13H,14H2,(H,24,26)(H,25,27). The minimum atomic E-state index is -0.439. The fourth-order valence-corrected chi connectivity index (χ4v) is 2.42. The van der Waals surface area contributed by atoms with Crippen molar-refractivity contribution in [2.45, 2.75) is 6.42 Å². The highest BCUT2D eigenvalue weighted by atomic mass is 16.5. The van der Waals surface area contributed by atoms with Crippen molar-refractivity contribution >= 4 is 23.2 Å². The van der Waals surface area contributed by atoms with E-state index in [1.165, 1.54) is 0 Å². The second kappa shape index (κ2) is 9.01. The summed E-state index contributed by atoms with van der Waals surface area (Å²) in [6, 6.07) is 24.6. The van der Waals surface area contributed by atoms with E-state index in [-0.39, 0.29) is 6.42 Å². The molecule has 0 spiro atoms. The minimum absolute atomic E-state index is 0.317. The van der Waals surface area contributed by atoms with Crippen molar-refractivity contribution in [3.05, 3.63) is 84.4 Å². The van der Waals surface area contributed by atoms with Gasteiger partial charge in [0.25, 0.3) is 0 Å². The SMILES string of the molecule is N#Cc1ccc(NC(=O)CC(=O)Nc2ccc(Oc3ccccc3)cc2)cc1. The van der Waals surface area contributed by atoms with Gasteiger partial charge in [-0.25, -0.2) is 0 Å². The third-order valence-electron chi connectivity index (χ3n) is 3.74. The molecule has 0 aliphatic carbocycles. The van der Waals surface area contributed by atoms with E-state index in [9.17, 15) is 9.59 Å². The van der Waals surface area contributed by atoms with Gasteiger partial charge in [0, 0.05) is 11.4 Å². The number of carbonyl (C=O) groups excluding carboxylic acids is 2. The Morgan fingerprint density at radius 3 is 1.79 bits per heavy atom. The first kappa shape index (κ1) is 18.7. The summed E-state index contributed by atoms with van der Waals surface area (Å²) in [4.78, 5) is 24.0. The van der Waals surface area contributed by atoms with Gasteiger partial charge in [-0.3, -0.25) is 9.59 Å². The van der Waals surface area contributed by atoms with Crippen LogP contribution in [0.15, 0.2) is 78.9 Å². The van der Waals surface area contributed by atoms with Crippen molar-refractivity contribution in [2.24, 2.45) is 0 Å². The zero-order valence-electron chi connectivity index (χ0n) is 14.9. The summed E-state index contributed by atoms with van der Waals surface area (Å²) in [5, 5.41) is 14.0. The summed E-state index contributed by atoms with van der Waals surface area (Å²) in [6.07, 6.45) is -0.317. The van der Waals surface area contributed by atoms with Crippen LogP contribution < -0.4 is 15.4 Å². The lowest BCUT2D eigenvalue weighted by Gasteiger charge is -2.08. The smallest absolute Gasteiger partial charge is 0.233 e. The van der Waals surface area contributed by atoms with Crippen LogP contribution in [-0.2, 0) is 9.59 Å². The fourth-order valence-electron chi connectivity index (χ4n) is 2.42. The first-order valence-electron chi connectivity index (χ1n) is 8.55. The number of carbonyl (C=O) groups is 2. The predicted molar refractivity (Wildman–Crippen MR) is 106 cm³/mol. The Morgan fingerprint density at radius 1 is 0.750 bits per heavy atom. The van der Waals surface area contributed by atoms with Crippen molar-refractivity contribution in [3.8, 4) is 17.6 Å². The number of anilines is 2. The Balaban J connectivity index is 1.49. The number of nitrogens with one attached hydrogen (secondary N) is 2. The van der Waals surface area contributed by atoms with Crippen molar-refractivity contribution in [2.75, 3.05) is 10.6 Å². The Hall–Kier alpha value is -4.11. The van der Waals surface area contributed by atoms with Gasteiger partial charge < -0.3 is 15.4 Å². The predicted octanol–water partition coefficient (Wildman–Crippen LogP) is 4.32. The first-order chi connectivity index (χ1) is 13.6. The Labute approximate surface area is 162 Å². The van der Waals surface area contributed by atoms with Crippen LogP contribution in [0, 0.1) is 11.3 Å². The Morgan fingerprint density at radius 2 is 1.25 bits per heavy atom. The molecule has 0 aliphatic heterocycles. The topological polar surface area (TPSA) is 91.2 Å². The van der Waals surface area contributed by atoms with Gasteiger partial charge in [0.1, 0.15) is 17.9 Å². The molecule has 0 bridgehead atoms. The quantitative estimate of drug-likeness (QED) is 0.631.